The van der Waals surface area contributed by atoms with Gasteiger partial charge in [-0.25, -0.2) is 4.98 Å². The zero-order valence-corrected chi connectivity index (χ0v) is 13.5. The molecule has 0 saturated heterocycles. The van der Waals surface area contributed by atoms with Gasteiger partial charge in [0.1, 0.15) is 5.82 Å². The van der Waals surface area contributed by atoms with Crippen molar-refractivity contribution in [2.75, 3.05) is 0 Å². The van der Waals surface area contributed by atoms with Crippen LogP contribution in [0.2, 0.25) is 0 Å². The van der Waals surface area contributed by atoms with Crippen molar-refractivity contribution in [1.29, 1.82) is 0 Å². The zero-order chi connectivity index (χ0) is 16.2. The molecule has 0 radical (unpaired) electrons. The van der Waals surface area contributed by atoms with Gasteiger partial charge in [0.25, 0.3) is 5.56 Å². The van der Waals surface area contributed by atoms with Crippen LogP contribution in [0, 0.1) is 5.92 Å². The number of para-hydroxylation sites is 1. The van der Waals surface area contributed by atoms with Crippen molar-refractivity contribution in [3.63, 3.8) is 0 Å². The predicted octanol–water partition coefficient (Wildman–Crippen LogP) is 2.55. The number of nitrogens with one attached hydrogen (secondary N) is 2. The van der Waals surface area contributed by atoms with Crippen LogP contribution in [-0.2, 0) is 11.2 Å². The Labute approximate surface area is 135 Å². The highest BCUT2D eigenvalue weighted by Crippen LogP contribution is 2.23. The molecular weight excluding hydrogens is 290 g/mol. The molecule has 1 saturated carbocycles. The van der Waals surface area contributed by atoms with Gasteiger partial charge in [0, 0.05) is 18.9 Å². The summed E-state index contributed by atoms with van der Waals surface area (Å²) in [5.74, 6) is 1.16. The van der Waals surface area contributed by atoms with E-state index in [0.29, 0.717) is 41.5 Å². The number of hydrogen-bond donors (Lipinski definition) is 2. The number of H-pyrrole nitrogens is 1. The van der Waals surface area contributed by atoms with Gasteiger partial charge in [-0.2, -0.15) is 0 Å². The van der Waals surface area contributed by atoms with E-state index in [-0.39, 0.29) is 11.5 Å². The maximum absolute atomic E-state index is 12.1. The summed E-state index contributed by atoms with van der Waals surface area (Å²) in [6.45, 7) is 2.20. The highest BCUT2D eigenvalue weighted by Gasteiger charge is 2.22. The van der Waals surface area contributed by atoms with Crippen molar-refractivity contribution in [3.05, 3.63) is 40.4 Å². The maximum Gasteiger partial charge on any atom is 0.258 e. The number of benzene rings is 1. The first kappa shape index (κ1) is 15.7. The first-order chi connectivity index (χ1) is 11.1. The highest BCUT2D eigenvalue weighted by atomic mass is 16.1. The summed E-state index contributed by atoms with van der Waals surface area (Å²) in [6, 6.07) is 7.54. The van der Waals surface area contributed by atoms with Crippen LogP contribution in [0.3, 0.4) is 0 Å². The lowest BCUT2D eigenvalue weighted by Gasteiger charge is -2.29. The van der Waals surface area contributed by atoms with Crippen LogP contribution < -0.4 is 10.9 Å². The Morgan fingerprint density at radius 2 is 2.09 bits per heavy atom. The van der Waals surface area contributed by atoms with Crippen molar-refractivity contribution in [2.45, 2.75) is 51.5 Å². The Morgan fingerprint density at radius 3 is 2.91 bits per heavy atom. The molecular formula is C18H23N3O2. The number of hydrogen-bond acceptors (Lipinski definition) is 3. The minimum Gasteiger partial charge on any atom is -0.353 e. The third-order valence-electron chi connectivity index (χ3n) is 4.71. The monoisotopic (exact) mass is 313 g/mol. The minimum absolute atomic E-state index is 0.0413. The Bertz CT molecular complexity index is 753. The smallest absolute Gasteiger partial charge is 0.258 e. The van der Waals surface area contributed by atoms with Gasteiger partial charge in [0.15, 0.2) is 0 Å². The van der Waals surface area contributed by atoms with E-state index in [4.69, 9.17) is 0 Å². The summed E-state index contributed by atoms with van der Waals surface area (Å²) in [4.78, 5) is 31.4. The molecule has 5 nitrogen and oxygen atoms in total. The SMILES string of the molecule is C[C@H]1CCCC[C@H]1NC(=O)CCc1nc2ccccc2c(=O)[nH]1. The molecule has 0 unspecified atom stereocenters. The average molecular weight is 313 g/mol. The second kappa shape index (κ2) is 6.94. The summed E-state index contributed by atoms with van der Waals surface area (Å²) in [7, 11) is 0. The molecule has 1 fully saturated rings. The molecule has 1 aliphatic rings. The zero-order valence-electron chi connectivity index (χ0n) is 13.5. The molecule has 0 bridgehead atoms. The van der Waals surface area contributed by atoms with E-state index in [9.17, 15) is 9.59 Å². The van der Waals surface area contributed by atoms with E-state index >= 15 is 0 Å². The van der Waals surface area contributed by atoms with Gasteiger partial charge in [-0.1, -0.05) is 31.9 Å². The standard InChI is InChI=1S/C18H23N3O2/c1-12-6-2-4-8-14(12)20-17(22)11-10-16-19-15-9-5-3-7-13(15)18(23)21-16/h3,5,7,9,12,14H,2,4,6,8,10-11H2,1H3,(H,20,22)(H,19,21,23)/t12-,14+/m0/s1. The predicted molar refractivity (Wildman–Crippen MR) is 90.2 cm³/mol. The van der Waals surface area contributed by atoms with Gasteiger partial charge in [0.05, 0.1) is 10.9 Å². The van der Waals surface area contributed by atoms with Crippen LogP contribution in [0.5, 0.6) is 0 Å². The number of carbonyl (C=O) groups excluding carboxylic acids is 1. The Kier molecular flexibility index (Phi) is 4.74. The normalized spacial score (nSPS) is 21.3. The largest absolute Gasteiger partial charge is 0.353 e. The van der Waals surface area contributed by atoms with Gasteiger partial charge < -0.3 is 10.3 Å². The molecule has 0 spiro atoms. The van der Waals surface area contributed by atoms with Crippen molar-refractivity contribution in [1.82, 2.24) is 15.3 Å². The Morgan fingerprint density at radius 1 is 1.30 bits per heavy atom. The lowest BCUT2D eigenvalue weighted by atomic mass is 9.86. The molecule has 1 aliphatic carbocycles. The van der Waals surface area contributed by atoms with E-state index in [1.54, 1.807) is 6.07 Å². The average Bonchev–Trinajstić information content (AvgIpc) is 2.55. The van der Waals surface area contributed by atoms with E-state index < -0.39 is 0 Å². The lowest BCUT2D eigenvalue weighted by molar-refractivity contribution is -0.122. The first-order valence-electron chi connectivity index (χ1n) is 8.41. The lowest BCUT2D eigenvalue weighted by Crippen LogP contribution is -2.41. The number of nitrogens with zero attached hydrogens (tertiary/aromatic N) is 1. The molecule has 2 atom stereocenters. The van der Waals surface area contributed by atoms with E-state index in [1.165, 1.54) is 19.3 Å². The van der Waals surface area contributed by atoms with Crippen LogP contribution in [0.15, 0.2) is 29.1 Å². The Balaban J connectivity index is 1.61. The van der Waals surface area contributed by atoms with Crippen molar-refractivity contribution in [2.24, 2.45) is 5.92 Å². The van der Waals surface area contributed by atoms with Crippen LogP contribution in [0.25, 0.3) is 10.9 Å². The summed E-state index contributed by atoms with van der Waals surface area (Å²) in [5, 5.41) is 3.71. The molecule has 1 amide bonds. The molecule has 1 aromatic heterocycles. The second-order valence-corrected chi connectivity index (χ2v) is 6.47. The third-order valence-corrected chi connectivity index (χ3v) is 4.71. The summed E-state index contributed by atoms with van der Waals surface area (Å²) < 4.78 is 0. The number of aryl methyl sites for hydroxylation is 1. The van der Waals surface area contributed by atoms with Crippen molar-refractivity contribution < 1.29 is 4.79 Å². The van der Waals surface area contributed by atoms with Gasteiger partial charge in [-0.3, -0.25) is 9.59 Å². The van der Waals surface area contributed by atoms with Crippen LogP contribution >= 0.6 is 0 Å². The third kappa shape index (κ3) is 3.78. The fraction of sp³-hybridized carbons (Fsp3) is 0.500. The number of carbonyl (C=O) groups is 1. The Hall–Kier alpha value is -2.17. The molecule has 2 N–H and O–H groups in total. The number of aromatic nitrogens is 2. The summed E-state index contributed by atoms with van der Waals surface area (Å²) in [5.41, 5.74) is 0.527. The maximum atomic E-state index is 12.1. The highest BCUT2D eigenvalue weighted by molar-refractivity contribution is 5.78. The fourth-order valence-electron chi connectivity index (χ4n) is 3.29. The minimum atomic E-state index is -0.146. The van der Waals surface area contributed by atoms with Gasteiger partial charge in [0.2, 0.25) is 5.91 Å². The molecule has 122 valence electrons. The van der Waals surface area contributed by atoms with Crippen LogP contribution in [-0.4, -0.2) is 21.9 Å². The number of fused-ring (bicyclic) bond motifs is 1. The summed E-state index contributed by atoms with van der Waals surface area (Å²) in [6.07, 6.45) is 5.50. The van der Waals surface area contributed by atoms with E-state index in [1.807, 2.05) is 18.2 Å². The van der Waals surface area contributed by atoms with Crippen molar-refractivity contribution in [3.8, 4) is 0 Å². The van der Waals surface area contributed by atoms with E-state index in [0.717, 1.165) is 6.42 Å². The van der Waals surface area contributed by atoms with E-state index in [2.05, 4.69) is 22.2 Å². The number of rotatable bonds is 4. The quantitative estimate of drug-likeness (QED) is 0.911. The van der Waals surface area contributed by atoms with Crippen molar-refractivity contribution >= 4 is 16.8 Å². The molecule has 5 heteroatoms. The topological polar surface area (TPSA) is 74.8 Å². The number of amides is 1. The van der Waals surface area contributed by atoms with Gasteiger partial charge >= 0.3 is 0 Å². The fourth-order valence-corrected chi connectivity index (χ4v) is 3.29. The van der Waals surface area contributed by atoms with Crippen LogP contribution in [0.4, 0.5) is 0 Å². The molecule has 2 aromatic rings. The first-order valence-corrected chi connectivity index (χ1v) is 8.41. The summed E-state index contributed by atoms with van der Waals surface area (Å²) >= 11 is 0. The molecule has 3 rings (SSSR count). The van der Waals surface area contributed by atoms with Gasteiger partial charge in [-0.15, -0.1) is 0 Å². The molecule has 23 heavy (non-hydrogen) atoms. The van der Waals surface area contributed by atoms with Crippen LogP contribution in [0.1, 0.15) is 44.9 Å². The second-order valence-electron chi connectivity index (χ2n) is 6.47. The number of aromatic amines is 1. The molecule has 1 aromatic carbocycles. The molecule has 1 heterocycles. The van der Waals surface area contributed by atoms with Gasteiger partial charge in [-0.05, 0) is 30.9 Å². The molecule has 0 aliphatic heterocycles.